The maximum absolute atomic E-state index is 13.1. The van der Waals surface area contributed by atoms with E-state index in [9.17, 15) is 9.59 Å². The summed E-state index contributed by atoms with van der Waals surface area (Å²) in [7, 11) is 5.99. The number of thioether (sulfide) groups is 1. The lowest BCUT2D eigenvalue weighted by molar-refractivity contribution is -0.144. The summed E-state index contributed by atoms with van der Waals surface area (Å²) in [6.07, 6.45) is 1.56. The van der Waals surface area contributed by atoms with E-state index in [0.717, 1.165) is 45.3 Å². The molecule has 0 aromatic heterocycles. The first-order valence-corrected chi connectivity index (χ1v) is 14.1. The van der Waals surface area contributed by atoms with Gasteiger partial charge in [0.2, 0.25) is 0 Å². The van der Waals surface area contributed by atoms with Crippen LogP contribution in [0.15, 0.2) is 41.6 Å². The molecule has 1 N–H and O–H groups in total. The third-order valence-corrected chi connectivity index (χ3v) is 7.49. The van der Waals surface area contributed by atoms with Crippen molar-refractivity contribution in [3.8, 4) is 22.6 Å². The van der Waals surface area contributed by atoms with Crippen molar-refractivity contribution in [2.24, 2.45) is 11.1 Å². The van der Waals surface area contributed by atoms with Gasteiger partial charge >= 0.3 is 5.97 Å². The number of carbonyl (C=O) groups is 2. The van der Waals surface area contributed by atoms with Crippen LogP contribution in [-0.2, 0) is 36.1 Å². The van der Waals surface area contributed by atoms with Gasteiger partial charge in [-0.2, -0.15) is 11.8 Å². The molecule has 3 rings (SSSR count). The van der Waals surface area contributed by atoms with Gasteiger partial charge in [-0.05, 0) is 47.4 Å². The Bertz CT molecular complexity index is 1110. The molecule has 1 amide bonds. The van der Waals surface area contributed by atoms with E-state index < -0.39 is 17.9 Å². The summed E-state index contributed by atoms with van der Waals surface area (Å²) in [6, 6.07) is 10.9. The Kier molecular flexibility index (Phi) is 11.9. The Morgan fingerprint density at radius 3 is 2.21 bits per heavy atom. The second kappa shape index (κ2) is 15.4. The first-order chi connectivity index (χ1) is 18.9. The summed E-state index contributed by atoms with van der Waals surface area (Å²) in [4.78, 5) is 30.7. The van der Waals surface area contributed by atoms with E-state index in [-0.39, 0.29) is 18.1 Å². The minimum atomic E-state index is -0.894. The zero-order chi connectivity index (χ0) is 28.2. The van der Waals surface area contributed by atoms with Crippen LogP contribution >= 0.6 is 11.8 Å². The van der Waals surface area contributed by atoms with E-state index >= 15 is 0 Å². The van der Waals surface area contributed by atoms with Crippen molar-refractivity contribution in [3.05, 3.63) is 47.5 Å². The number of carbonyl (C=O) groups excluding carboxylic acids is 2. The summed E-state index contributed by atoms with van der Waals surface area (Å²) in [5.41, 5.74) is 4.00. The van der Waals surface area contributed by atoms with Crippen LogP contribution < -0.4 is 14.8 Å². The van der Waals surface area contributed by atoms with Crippen molar-refractivity contribution < 1.29 is 33.4 Å². The number of oxime groups is 1. The molecule has 0 spiro atoms. The van der Waals surface area contributed by atoms with Crippen molar-refractivity contribution in [1.29, 1.82) is 0 Å². The van der Waals surface area contributed by atoms with Gasteiger partial charge in [-0.25, -0.2) is 4.79 Å². The maximum atomic E-state index is 13.1. The minimum Gasteiger partial charge on any atom is -0.496 e. The van der Waals surface area contributed by atoms with Crippen molar-refractivity contribution >= 4 is 29.4 Å². The number of rotatable bonds is 13. The molecule has 9 nitrogen and oxygen atoms in total. The highest BCUT2D eigenvalue weighted by Crippen LogP contribution is 2.40. The van der Waals surface area contributed by atoms with Crippen LogP contribution in [0, 0.1) is 5.92 Å². The SMILES string of the molecule is CCSCc1cc(OC)c(-c2ccc(C[C@H](NC(=O)C(=NOC)C3CCOCC3)C(=O)OC)cc2)c(OC)c1. The smallest absolute Gasteiger partial charge is 0.328 e. The van der Waals surface area contributed by atoms with E-state index in [1.165, 1.54) is 14.2 Å². The van der Waals surface area contributed by atoms with Gasteiger partial charge in [0.25, 0.3) is 5.91 Å². The number of amides is 1. The van der Waals surface area contributed by atoms with E-state index in [0.29, 0.717) is 26.1 Å². The molecule has 0 aliphatic carbocycles. The topological polar surface area (TPSA) is 105 Å². The molecule has 1 saturated heterocycles. The normalized spacial score (nSPS) is 14.8. The lowest BCUT2D eigenvalue weighted by Gasteiger charge is -2.24. The zero-order valence-electron chi connectivity index (χ0n) is 23.3. The molecule has 0 bridgehead atoms. The van der Waals surface area contributed by atoms with Gasteiger partial charge in [0, 0.05) is 31.3 Å². The van der Waals surface area contributed by atoms with Gasteiger partial charge in [0.15, 0.2) is 0 Å². The standard InChI is InChI=1S/C29H38N2O7S/c1-6-39-18-20-16-24(34-2)26(25(17-20)35-3)21-9-7-19(8-10-21)15-23(29(33)36-4)30-28(32)27(31-37-5)22-11-13-38-14-12-22/h7-10,16-17,22-23H,6,11-15,18H2,1-5H3,(H,30,32)/t23-/m0/s1. The first-order valence-electron chi connectivity index (χ1n) is 12.9. The molecule has 0 unspecified atom stereocenters. The molecule has 10 heteroatoms. The van der Waals surface area contributed by atoms with Crippen molar-refractivity contribution in [2.45, 2.75) is 38.0 Å². The highest BCUT2D eigenvalue weighted by atomic mass is 32.2. The Balaban J connectivity index is 1.81. The molecule has 1 fully saturated rings. The summed E-state index contributed by atoms with van der Waals surface area (Å²) in [5, 5.41) is 6.76. The van der Waals surface area contributed by atoms with Crippen LogP contribution in [0.1, 0.15) is 30.9 Å². The fraction of sp³-hybridized carbons (Fsp3) is 0.483. The van der Waals surface area contributed by atoms with Crippen molar-refractivity contribution in [3.63, 3.8) is 0 Å². The Hall–Kier alpha value is -3.24. The third-order valence-electron chi connectivity index (χ3n) is 6.54. The van der Waals surface area contributed by atoms with Crippen LogP contribution in [0.2, 0.25) is 0 Å². The lowest BCUT2D eigenvalue weighted by Crippen LogP contribution is -2.47. The van der Waals surface area contributed by atoms with Crippen LogP contribution in [0.5, 0.6) is 11.5 Å². The number of ether oxygens (including phenoxy) is 4. The summed E-state index contributed by atoms with van der Waals surface area (Å²) < 4.78 is 21.8. The van der Waals surface area contributed by atoms with Gasteiger partial charge < -0.3 is 29.1 Å². The third kappa shape index (κ3) is 8.12. The number of hydrogen-bond donors (Lipinski definition) is 1. The highest BCUT2D eigenvalue weighted by molar-refractivity contribution is 7.98. The van der Waals surface area contributed by atoms with E-state index in [2.05, 4.69) is 17.4 Å². The predicted molar refractivity (Wildman–Crippen MR) is 152 cm³/mol. The molecule has 2 aromatic rings. The zero-order valence-corrected chi connectivity index (χ0v) is 24.1. The van der Waals surface area contributed by atoms with Crippen molar-refractivity contribution in [2.75, 3.05) is 47.4 Å². The molecule has 0 radical (unpaired) electrons. The number of nitrogens with zero attached hydrogens (tertiary/aromatic N) is 1. The summed E-state index contributed by atoms with van der Waals surface area (Å²) in [6.45, 7) is 3.22. The fourth-order valence-electron chi connectivity index (χ4n) is 4.54. The van der Waals surface area contributed by atoms with Gasteiger partial charge in [0.05, 0.1) is 26.9 Å². The monoisotopic (exact) mass is 558 g/mol. The van der Waals surface area contributed by atoms with Crippen molar-refractivity contribution in [1.82, 2.24) is 5.32 Å². The molecule has 1 heterocycles. The largest absolute Gasteiger partial charge is 0.496 e. The molecule has 1 aliphatic heterocycles. The molecular formula is C29H38N2O7S. The molecule has 212 valence electrons. The first kappa shape index (κ1) is 30.3. The second-order valence-electron chi connectivity index (χ2n) is 9.01. The summed E-state index contributed by atoms with van der Waals surface area (Å²) >= 11 is 1.83. The van der Waals surface area contributed by atoms with E-state index in [4.69, 9.17) is 23.8 Å². The number of methoxy groups -OCH3 is 3. The average Bonchev–Trinajstić information content (AvgIpc) is 2.98. The van der Waals surface area contributed by atoms with Gasteiger partial charge in [0.1, 0.15) is 30.4 Å². The lowest BCUT2D eigenvalue weighted by atomic mass is 9.93. The molecule has 1 atom stereocenters. The predicted octanol–water partition coefficient (Wildman–Crippen LogP) is 4.25. The average molecular weight is 559 g/mol. The Labute approximate surface area is 234 Å². The Morgan fingerprint density at radius 1 is 1.03 bits per heavy atom. The fourth-order valence-corrected chi connectivity index (χ4v) is 5.14. The van der Waals surface area contributed by atoms with Crippen LogP contribution in [0.4, 0.5) is 0 Å². The van der Waals surface area contributed by atoms with Crippen LogP contribution in [0.3, 0.4) is 0 Å². The number of benzene rings is 2. The van der Waals surface area contributed by atoms with Gasteiger partial charge in [-0.1, -0.05) is 36.3 Å². The second-order valence-corrected chi connectivity index (χ2v) is 10.3. The van der Waals surface area contributed by atoms with Crippen LogP contribution in [-0.4, -0.2) is 71.0 Å². The molecule has 39 heavy (non-hydrogen) atoms. The summed E-state index contributed by atoms with van der Waals surface area (Å²) in [5.74, 6) is 2.25. The minimum absolute atomic E-state index is 0.104. The molecular weight excluding hydrogens is 520 g/mol. The highest BCUT2D eigenvalue weighted by Gasteiger charge is 2.30. The van der Waals surface area contributed by atoms with Gasteiger partial charge in [-0.3, -0.25) is 4.79 Å². The molecule has 0 saturated carbocycles. The number of hydrogen-bond acceptors (Lipinski definition) is 9. The maximum Gasteiger partial charge on any atom is 0.328 e. The number of esters is 1. The van der Waals surface area contributed by atoms with Crippen LogP contribution in [0.25, 0.3) is 11.1 Å². The molecule has 2 aromatic carbocycles. The van der Waals surface area contributed by atoms with Gasteiger partial charge in [-0.15, -0.1) is 0 Å². The molecule has 1 aliphatic rings. The van der Waals surface area contributed by atoms with E-state index in [1.54, 1.807) is 14.2 Å². The Morgan fingerprint density at radius 2 is 1.67 bits per heavy atom. The van der Waals surface area contributed by atoms with E-state index in [1.807, 2.05) is 48.2 Å². The quantitative estimate of drug-likeness (QED) is 0.221. The number of nitrogens with one attached hydrogen (secondary N) is 1.